The van der Waals surface area contributed by atoms with E-state index >= 15 is 0 Å². The topological polar surface area (TPSA) is 34.9 Å². The highest BCUT2D eigenvalue weighted by Crippen LogP contribution is 2.18. The molecule has 3 heteroatoms. The molecule has 1 aromatic carbocycles. The van der Waals surface area contributed by atoms with Crippen molar-refractivity contribution in [3.05, 3.63) is 42.4 Å². The molecule has 0 unspecified atom stereocenters. The van der Waals surface area contributed by atoms with Crippen LogP contribution in [0.1, 0.15) is 10.4 Å². The zero-order valence-electron chi connectivity index (χ0n) is 7.84. The van der Waals surface area contributed by atoms with Crippen molar-refractivity contribution in [1.82, 2.24) is 9.55 Å². The molecule has 2 rings (SSSR count). The lowest BCUT2D eigenvalue weighted by Gasteiger charge is -2.02. The summed E-state index contributed by atoms with van der Waals surface area (Å²) < 4.78 is 1.92. The Balaban J connectivity index is 2.52. The summed E-state index contributed by atoms with van der Waals surface area (Å²) >= 11 is 0. The molecule has 1 heterocycles. The Morgan fingerprint density at radius 2 is 2.29 bits per heavy atom. The first-order valence-electron chi connectivity index (χ1n) is 4.33. The van der Waals surface area contributed by atoms with Crippen LogP contribution in [0.15, 0.2) is 36.8 Å². The zero-order valence-corrected chi connectivity index (χ0v) is 7.84. The van der Waals surface area contributed by atoms with E-state index in [0.717, 1.165) is 17.5 Å². The number of benzene rings is 1. The fourth-order valence-corrected chi connectivity index (χ4v) is 1.41. The molecular weight excluding hydrogens is 176 g/mol. The van der Waals surface area contributed by atoms with E-state index in [1.807, 2.05) is 29.8 Å². The second kappa shape index (κ2) is 3.46. The Kier molecular flexibility index (Phi) is 2.14. The van der Waals surface area contributed by atoms with Gasteiger partial charge in [0.25, 0.3) is 0 Å². The maximum absolute atomic E-state index is 10.6. The molecule has 0 spiro atoms. The first-order chi connectivity index (χ1) is 6.81. The summed E-state index contributed by atoms with van der Waals surface area (Å²) in [5.74, 6) is 0. The van der Waals surface area contributed by atoms with E-state index in [4.69, 9.17) is 0 Å². The van der Waals surface area contributed by atoms with Gasteiger partial charge in [0.2, 0.25) is 0 Å². The number of hydrogen-bond donors (Lipinski definition) is 0. The first kappa shape index (κ1) is 8.69. The van der Waals surface area contributed by atoms with Crippen LogP contribution in [0.25, 0.3) is 11.3 Å². The highest BCUT2D eigenvalue weighted by molar-refractivity contribution is 5.78. The van der Waals surface area contributed by atoms with Crippen molar-refractivity contribution in [3.63, 3.8) is 0 Å². The lowest BCUT2D eigenvalue weighted by Crippen LogP contribution is -1.90. The molecule has 0 atom stereocenters. The maximum atomic E-state index is 10.6. The maximum Gasteiger partial charge on any atom is 0.150 e. The van der Waals surface area contributed by atoms with Gasteiger partial charge in [-0.05, 0) is 6.07 Å². The van der Waals surface area contributed by atoms with Gasteiger partial charge < -0.3 is 4.57 Å². The highest BCUT2D eigenvalue weighted by atomic mass is 16.1. The zero-order chi connectivity index (χ0) is 9.97. The third-order valence-electron chi connectivity index (χ3n) is 2.14. The number of aldehydes is 1. The minimum atomic E-state index is 0.684. The molecule has 70 valence electrons. The van der Waals surface area contributed by atoms with Crippen LogP contribution in [0.3, 0.4) is 0 Å². The average Bonchev–Trinajstić information content (AvgIpc) is 2.65. The number of rotatable bonds is 2. The second-order valence-corrected chi connectivity index (χ2v) is 3.13. The van der Waals surface area contributed by atoms with Gasteiger partial charge in [0.05, 0.1) is 18.2 Å². The first-order valence-corrected chi connectivity index (χ1v) is 4.33. The van der Waals surface area contributed by atoms with Crippen molar-refractivity contribution >= 4 is 6.29 Å². The molecule has 3 nitrogen and oxygen atoms in total. The molecule has 0 fully saturated rings. The number of imidazole rings is 1. The van der Waals surface area contributed by atoms with E-state index < -0.39 is 0 Å². The van der Waals surface area contributed by atoms with Crippen molar-refractivity contribution in [2.24, 2.45) is 7.05 Å². The number of nitrogens with zero attached hydrogens (tertiary/aromatic N) is 2. The van der Waals surface area contributed by atoms with Gasteiger partial charge in [-0.2, -0.15) is 0 Å². The van der Waals surface area contributed by atoms with Crippen molar-refractivity contribution in [2.75, 3.05) is 0 Å². The minimum absolute atomic E-state index is 0.684. The molecule has 1 aromatic heterocycles. The minimum Gasteiger partial charge on any atom is -0.334 e. The van der Waals surface area contributed by atoms with Crippen LogP contribution in [0.4, 0.5) is 0 Å². The molecule has 0 aliphatic carbocycles. The molecule has 0 saturated heterocycles. The van der Waals surface area contributed by atoms with Crippen LogP contribution in [0.5, 0.6) is 0 Å². The van der Waals surface area contributed by atoms with Gasteiger partial charge in [-0.3, -0.25) is 4.79 Å². The van der Waals surface area contributed by atoms with Crippen LogP contribution in [-0.4, -0.2) is 15.8 Å². The molecule has 14 heavy (non-hydrogen) atoms. The quantitative estimate of drug-likeness (QED) is 0.671. The molecular formula is C11H10N2O. The van der Waals surface area contributed by atoms with E-state index in [9.17, 15) is 4.79 Å². The molecule has 0 amide bonds. The molecule has 0 aliphatic heterocycles. The van der Waals surface area contributed by atoms with Crippen LogP contribution in [0, 0.1) is 0 Å². The molecule has 0 saturated carbocycles. The van der Waals surface area contributed by atoms with Gasteiger partial charge in [-0.1, -0.05) is 18.2 Å². The summed E-state index contributed by atoms with van der Waals surface area (Å²) in [6.07, 6.45) is 4.37. The van der Waals surface area contributed by atoms with Crippen molar-refractivity contribution < 1.29 is 4.79 Å². The third kappa shape index (κ3) is 1.44. The lowest BCUT2D eigenvalue weighted by molar-refractivity contribution is 0.112. The highest BCUT2D eigenvalue weighted by Gasteiger charge is 2.02. The Morgan fingerprint density at radius 1 is 1.43 bits per heavy atom. The normalized spacial score (nSPS) is 10.1. The summed E-state index contributed by atoms with van der Waals surface area (Å²) in [5.41, 5.74) is 2.70. The summed E-state index contributed by atoms with van der Waals surface area (Å²) in [6, 6.07) is 7.47. The van der Waals surface area contributed by atoms with Gasteiger partial charge in [0.15, 0.2) is 0 Å². The van der Waals surface area contributed by atoms with Crippen molar-refractivity contribution in [1.29, 1.82) is 0 Å². The second-order valence-electron chi connectivity index (χ2n) is 3.13. The third-order valence-corrected chi connectivity index (χ3v) is 2.14. The Morgan fingerprint density at radius 3 is 2.93 bits per heavy atom. The summed E-state index contributed by atoms with van der Waals surface area (Å²) in [7, 11) is 1.93. The van der Waals surface area contributed by atoms with Crippen molar-refractivity contribution in [2.45, 2.75) is 0 Å². The Hall–Kier alpha value is -1.90. The summed E-state index contributed by atoms with van der Waals surface area (Å²) in [4.78, 5) is 14.6. The summed E-state index contributed by atoms with van der Waals surface area (Å²) in [6.45, 7) is 0. The average molecular weight is 186 g/mol. The van der Waals surface area contributed by atoms with Crippen LogP contribution in [-0.2, 0) is 7.05 Å². The Bertz CT molecular complexity index is 460. The fraction of sp³-hybridized carbons (Fsp3) is 0.0909. The Labute approximate surface area is 82.0 Å². The standard InChI is InChI=1S/C11H10N2O/c1-13-8-12-6-11(13)10-4-2-3-9(5-10)7-14/h2-8H,1H3. The number of aromatic nitrogens is 2. The molecule has 0 bridgehead atoms. The van der Waals surface area contributed by atoms with Gasteiger partial charge in [-0.25, -0.2) is 4.98 Å². The molecule has 0 aliphatic rings. The number of carbonyl (C=O) groups excluding carboxylic acids is 1. The van der Waals surface area contributed by atoms with Crippen LogP contribution in [0.2, 0.25) is 0 Å². The van der Waals surface area contributed by atoms with E-state index in [-0.39, 0.29) is 0 Å². The van der Waals surface area contributed by atoms with E-state index in [2.05, 4.69) is 4.98 Å². The lowest BCUT2D eigenvalue weighted by atomic mass is 10.1. The van der Waals surface area contributed by atoms with Gasteiger partial charge >= 0.3 is 0 Å². The van der Waals surface area contributed by atoms with E-state index in [1.54, 1.807) is 18.6 Å². The van der Waals surface area contributed by atoms with Crippen LogP contribution >= 0.6 is 0 Å². The fourth-order valence-electron chi connectivity index (χ4n) is 1.41. The van der Waals surface area contributed by atoms with E-state index in [1.165, 1.54) is 0 Å². The van der Waals surface area contributed by atoms with Gasteiger partial charge in [-0.15, -0.1) is 0 Å². The number of carbonyl (C=O) groups is 1. The number of hydrogen-bond acceptors (Lipinski definition) is 2. The molecule has 0 radical (unpaired) electrons. The molecule has 0 N–H and O–H groups in total. The van der Waals surface area contributed by atoms with E-state index in [0.29, 0.717) is 5.56 Å². The summed E-state index contributed by atoms with van der Waals surface area (Å²) in [5, 5.41) is 0. The smallest absolute Gasteiger partial charge is 0.150 e. The van der Waals surface area contributed by atoms with Gasteiger partial charge in [0.1, 0.15) is 6.29 Å². The van der Waals surface area contributed by atoms with Crippen LogP contribution < -0.4 is 0 Å². The predicted octanol–water partition coefficient (Wildman–Crippen LogP) is 1.90. The SMILES string of the molecule is Cn1cncc1-c1cccc(C=O)c1. The largest absolute Gasteiger partial charge is 0.334 e. The number of aryl methyl sites for hydroxylation is 1. The molecule has 2 aromatic rings. The van der Waals surface area contributed by atoms with Gasteiger partial charge in [0, 0.05) is 18.2 Å². The predicted molar refractivity (Wildman–Crippen MR) is 54.0 cm³/mol. The monoisotopic (exact) mass is 186 g/mol. The van der Waals surface area contributed by atoms with Crippen molar-refractivity contribution in [3.8, 4) is 11.3 Å².